The molecule has 2 aromatic carbocycles. The first kappa shape index (κ1) is 19.7. The molecule has 28 heavy (non-hydrogen) atoms. The van der Waals surface area contributed by atoms with Crippen molar-refractivity contribution in [1.29, 1.82) is 0 Å². The lowest BCUT2D eigenvalue weighted by molar-refractivity contribution is -0.118. The van der Waals surface area contributed by atoms with Crippen molar-refractivity contribution in [2.75, 3.05) is 19.7 Å². The number of hydrogen-bond donors (Lipinski definition) is 0. The van der Waals surface area contributed by atoms with E-state index in [4.69, 9.17) is 4.74 Å². The van der Waals surface area contributed by atoms with Gasteiger partial charge in [-0.3, -0.25) is 4.90 Å². The molecule has 0 amide bonds. The fraction of sp³-hybridized carbons (Fsp3) is 0.538. The Bertz CT molecular complexity index is 751. The molecule has 2 fully saturated rings. The van der Waals surface area contributed by atoms with Crippen LogP contribution in [0.1, 0.15) is 69.1 Å². The van der Waals surface area contributed by atoms with Crippen LogP contribution in [0.2, 0.25) is 0 Å². The smallest absolute Gasteiger partial charge is 0.0712 e. The average Bonchev–Trinajstić information content (AvgIpc) is 2.71. The molecule has 2 nitrogen and oxygen atoms in total. The zero-order chi connectivity index (χ0) is 19.6. The van der Waals surface area contributed by atoms with Gasteiger partial charge >= 0.3 is 0 Å². The minimum absolute atomic E-state index is 0.103. The number of piperidine rings is 1. The van der Waals surface area contributed by atoms with E-state index < -0.39 is 0 Å². The molecule has 2 aromatic rings. The Kier molecular flexibility index (Phi) is 5.62. The normalized spacial score (nSPS) is 23.0. The Labute approximate surface area is 170 Å². The number of ether oxygens (including phenoxy) is 1. The van der Waals surface area contributed by atoms with Crippen LogP contribution in [0.15, 0.2) is 54.6 Å². The summed E-state index contributed by atoms with van der Waals surface area (Å²) in [6.45, 7) is 11.1. The van der Waals surface area contributed by atoms with E-state index >= 15 is 0 Å². The van der Waals surface area contributed by atoms with Crippen LogP contribution in [0.5, 0.6) is 0 Å². The van der Waals surface area contributed by atoms with Crippen molar-refractivity contribution in [1.82, 2.24) is 4.90 Å². The van der Waals surface area contributed by atoms with Crippen molar-refractivity contribution >= 4 is 0 Å². The van der Waals surface area contributed by atoms with Crippen molar-refractivity contribution in [3.05, 3.63) is 71.3 Å². The van der Waals surface area contributed by atoms with Crippen LogP contribution in [-0.2, 0) is 16.7 Å². The Morgan fingerprint density at radius 2 is 1.64 bits per heavy atom. The van der Waals surface area contributed by atoms with E-state index in [-0.39, 0.29) is 11.0 Å². The molecule has 0 aliphatic carbocycles. The third-order valence-electron chi connectivity index (χ3n) is 6.76. The second-order valence-electron chi connectivity index (χ2n) is 9.85. The molecule has 1 unspecified atom stereocenters. The molecule has 150 valence electrons. The van der Waals surface area contributed by atoms with Gasteiger partial charge in [-0.05, 0) is 53.7 Å². The van der Waals surface area contributed by atoms with Gasteiger partial charge in [0.15, 0.2) is 0 Å². The summed E-state index contributed by atoms with van der Waals surface area (Å²) >= 11 is 0. The molecule has 0 saturated carbocycles. The van der Waals surface area contributed by atoms with Gasteiger partial charge in [0.25, 0.3) is 0 Å². The molecule has 2 aliphatic rings. The van der Waals surface area contributed by atoms with Gasteiger partial charge in [-0.1, -0.05) is 75.4 Å². The van der Waals surface area contributed by atoms with E-state index in [1.165, 1.54) is 23.1 Å². The van der Waals surface area contributed by atoms with Crippen LogP contribution < -0.4 is 0 Å². The van der Waals surface area contributed by atoms with Crippen LogP contribution in [0, 0.1) is 0 Å². The van der Waals surface area contributed by atoms with Gasteiger partial charge in [0.2, 0.25) is 0 Å². The summed E-state index contributed by atoms with van der Waals surface area (Å²) in [7, 11) is 0. The molecule has 0 N–H and O–H groups in total. The number of hydrogen-bond acceptors (Lipinski definition) is 2. The molecule has 1 spiro atoms. The van der Waals surface area contributed by atoms with Crippen molar-refractivity contribution in [2.24, 2.45) is 0 Å². The lowest BCUT2D eigenvalue weighted by Crippen LogP contribution is -2.48. The topological polar surface area (TPSA) is 12.5 Å². The summed E-state index contributed by atoms with van der Waals surface area (Å²) in [4.78, 5) is 2.60. The fourth-order valence-corrected chi connectivity index (χ4v) is 4.87. The minimum Gasteiger partial charge on any atom is -0.375 e. The summed E-state index contributed by atoms with van der Waals surface area (Å²) < 4.78 is 6.38. The van der Waals surface area contributed by atoms with Crippen LogP contribution >= 0.6 is 0 Å². The highest BCUT2D eigenvalue weighted by Gasteiger charge is 2.40. The Hall–Kier alpha value is -1.64. The molecule has 2 aliphatic heterocycles. The van der Waals surface area contributed by atoms with Crippen LogP contribution in [0.4, 0.5) is 0 Å². The van der Waals surface area contributed by atoms with Gasteiger partial charge in [0, 0.05) is 26.2 Å². The molecular weight excluding hydrogens is 342 g/mol. The highest BCUT2D eigenvalue weighted by Crippen LogP contribution is 2.41. The molecule has 4 rings (SSSR count). The predicted octanol–water partition coefficient (Wildman–Crippen LogP) is 5.91. The van der Waals surface area contributed by atoms with Crippen molar-refractivity contribution < 1.29 is 4.74 Å². The van der Waals surface area contributed by atoms with Crippen molar-refractivity contribution in [3.8, 4) is 0 Å². The summed E-state index contributed by atoms with van der Waals surface area (Å²) in [5.74, 6) is 0.659. The van der Waals surface area contributed by atoms with Gasteiger partial charge in [-0.2, -0.15) is 0 Å². The first-order valence-corrected chi connectivity index (χ1v) is 10.9. The first-order valence-electron chi connectivity index (χ1n) is 10.9. The minimum atomic E-state index is 0.103. The fourth-order valence-electron chi connectivity index (χ4n) is 4.87. The monoisotopic (exact) mass is 377 g/mol. The van der Waals surface area contributed by atoms with E-state index in [2.05, 4.69) is 80.3 Å². The molecule has 2 heteroatoms. The average molecular weight is 378 g/mol. The maximum absolute atomic E-state index is 6.38. The Morgan fingerprint density at radius 1 is 0.964 bits per heavy atom. The molecule has 0 radical (unpaired) electrons. The molecule has 1 atom stereocenters. The third kappa shape index (κ3) is 4.50. The van der Waals surface area contributed by atoms with Crippen LogP contribution in [0.3, 0.4) is 0 Å². The lowest BCUT2D eigenvalue weighted by Gasteiger charge is -2.46. The van der Waals surface area contributed by atoms with Crippen LogP contribution in [0.25, 0.3) is 0 Å². The van der Waals surface area contributed by atoms with E-state index in [0.717, 1.165) is 45.5 Å². The lowest BCUT2D eigenvalue weighted by atomic mass is 9.77. The van der Waals surface area contributed by atoms with Gasteiger partial charge in [0.1, 0.15) is 0 Å². The van der Waals surface area contributed by atoms with Gasteiger partial charge in [-0.15, -0.1) is 0 Å². The molecule has 2 saturated heterocycles. The first-order chi connectivity index (χ1) is 13.4. The Morgan fingerprint density at radius 3 is 2.29 bits per heavy atom. The maximum atomic E-state index is 6.38. The SMILES string of the molecule is CC(C)(C)c1ccc(CN2CCC3(CC2)CC(c2ccccc2)CCO3)cc1. The van der Waals surface area contributed by atoms with E-state index in [1.54, 1.807) is 0 Å². The Balaban J connectivity index is 1.34. The summed E-state index contributed by atoms with van der Waals surface area (Å²) in [6.07, 6.45) is 4.67. The van der Waals surface area contributed by atoms with E-state index in [1.807, 2.05) is 0 Å². The quantitative estimate of drug-likeness (QED) is 0.659. The van der Waals surface area contributed by atoms with Crippen LogP contribution in [-0.4, -0.2) is 30.2 Å². The number of rotatable bonds is 3. The highest BCUT2D eigenvalue weighted by molar-refractivity contribution is 5.27. The second kappa shape index (κ2) is 8.00. The van der Waals surface area contributed by atoms with Gasteiger partial charge < -0.3 is 4.74 Å². The largest absolute Gasteiger partial charge is 0.375 e. The molecular formula is C26H35NO. The standard InChI is InChI=1S/C26H35NO/c1-25(2,3)24-11-9-21(10-12-24)20-27-16-14-26(15-17-27)19-23(13-18-28-26)22-7-5-4-6-8-22/h4-12,23H,13-20H2,1-3H3. The van der Waals surface area contributed by atoms with Crippen molar-refractivity contribution in [3.63, 3.8) is 0 Å². The summed E-state index contributed by atoms with van der Waals surface area (Å²) in [6, 6.07) is 20.3. The predicted molar refractivity (Wildman–Crippen MR) is 117 cm³/mol. The van der Waals surface area contributed by atoms with E-state index in [9.17, 15) is 0 Å². The number of likely N-dealkylation sites (tertiary alicyclic amines) is 1. The third-order valence-corrected chi connectivity index (χ3v) is 6.76. The highest BCUT2D eigenvalue weighted by atomic mass is 16.5. The molecule has 0 bridgehead atoms. The zero-order valence-corrected chi connectivity index (χ0v) is 17.8. The zero-order valence-electron chi connectivity index (χ0n) is 17.8. The number of benzene rings is 2. The van der Waals surface area contributed by atoms with Crippen molar-refractivity contribution in [2.45, 2.75) is 69.9 Å². The second-order valence-corrected chi connectivity index (χ2v) is 9.85. The van der Waals surface area contributed by atoms with Gasteiger partial charge in [-0.25, -0.2) is 0 Å². The number of nitrogens with zero attached hydrogens (tertiary/aromatic N) is 1. The molecule has 0 aromatic heterocycles. The van der Waals surface area contributed by atoms with E-state index in [0.29, 0.717) is 5.92 Å². The maximum Gasteiger partial charge on any atom is 0.0712 e. The molecule has 2 heterocycles. The summed E-state index contributed by atoms with van der Waals surface area (Å²) in [5.41, 5.74) is 4.66. The van der Waals surface area contributed by atoms with Gasteiger partial charge in [0.05, 0.1) is 5.60 Å². The summed E-state index contributed by atoms with van der Waals surface area (Å²) in [5, 5.41) is 0.